The van der Waals surface area contributed by atoms with Crippen LogP contribution in [-0.2, 0) is 19.1 Å². The van der Waals surface area contributed by atoms with Crippen molar-refractivity contribution in [2.75, 3.05) is 13.2 Å². The highest BCUT2D eigenvalue weighted by Crippen LogP contribution is 2.54. The molecule has 3 heterocycles. The number of benzene rings is 2. The molecule has 1 amide bonds. The van der Waals surface area contributed by atoms with Gasteiger partial charge >= 0.3 is 5.97 Å². The summed E-state index contributed by atoms with van der Waals surface area (Å²) in [4.78, 5) is 28.4. The van der Waals surface area contributed by atoms with Gasteiger partial charge in [0.25, 0.3) is 0 Å². The van der Waals surface area contributed by atoms with E-state index in [1.165, 1.54) is 0 Å². The number of ether oxygens (including phenoxy) is 2. The number of carbonyl (C=O) groups excluding carboxylic acids is 2. The molecule has 3 aliphatic rings. The van der Waals surface area contributed by atoms with Gasteiger partial charge in [-0.2, -0.15) is 0 Å². The molecule has 30 heavy (non-hydrogen) atoms. The van der Waals surface area contributed by atoms with E-state index in [-0.39, 0.29) is 24.0 Å². The molecule has 2 fully saturated rings. The smallest absolute Gasteiger partial charge is 0.312 e. The topological polar surface area (TPSA) is 55.8 Å². The highest BCUT2D eigenvalue weighted by molar-refractivity contribution is 5.91. The summed E-state index contributed by atoms with van der Waals surface area (Å²) >= 11 is 0. The van der Waals surface area contributed by atoms with E-state index in [0.29, 0.717) is 13.2 Å². The minimum Gasteiger partial charge on any atom is -0.465 e. The predicted molar refractivity (Wildman–Crippen MR) is 111 cm³/mol. The van der Waals surface area contributed by atoms with E-state index >= 15 is 0 Å². The molecule has 5 nitrogen and oxygen atoms in total. The Kier molecular flexibility index (Phi) is 4.70. The fourth-order valence-corrected chi connectivity index (χ4v) is 5.14. The van der Waals surface area contributed by atoms with Gasteiger partial charge in [-0.25, -0.2) is 0 Å². The van der Waals surface area contributed by atoms with Crippen molar-refractivity contribution in [1.82, 2.24) is 4.90 Å². The number of likely N-dealkylation sites (tertiary alicyclic amines) is 1. The lowest BCUT2D eigenvalue weighted by molar-refractivity contribution is -0.154. The molecule has 2 aromatic carbocycles. The molecule has 5 heteroatoms. The summed E-state index contributed by atoms with van der Waals surface area (Å²) in [6.45, 7) is 2.74. The Hall–Kier alpha value is -2.92. The first-order valence-corrected chi connectivity index (χ1v) is 10.6. The van der Waals surface area contributed by atoms with Gasteiger partial charge in [0.1, 0.15) is 11.5 Å². The number of carbonyl (C=O) groups is 2. The SMILES string of the molecule is CCCOC(=O)[C@@H]1[C@H]2C(=O)N(C(c3ccccc3)c3ccccc3)C[C@@]23C=C[C@H]1O3. The largest absolute Gasteiger partial charge is 0.465 e. The zero-order valence-electron chi connectivity index (χ0n) is 16.9. The molecule has 2 bridgehead atoms. The van der Waals surface area contributed by atoms with Crippen molar-refractivity contribution < 1.29 is 19.1 Å². The van der Waals surface area contributed by atoms with Crippen LogP contribution in [0.5, 0.6) is 0 Å². The first-order valence-electron chi connectivity index (χ1n) is 10.6. The zero-order chi connectivity index (χ0) is 20.7. The Balaban J connectivity index is 1.52. The van der Waals surface area contributed by atoms with Gasteiger partial charge in [-0.3, -0.25) is 9.59 Å². The lowest BCUT2D eigenvalue weighted by atomic mass is 9.77. The summed E-state index contributed by atoms with van der Waals surface area (Å²) in [6, 6.07) is 19.8. The monoisotopic (exact) mass is 403 g/mol. The summed E-state index contributed by atoms with van der Waals surface area (Å²) in [5.74, 6) is -1.49. The third-order valence-corrected chi connectivity index (χ3v) is 6.39. The van der Waals surface area contributed by atoms with E-state index in [2.05, 4.69) is 0 Å². The fourth-order valence-electron chi connectivity index (χ4n) is 5.14. The maximum absolute atomic E-state index is 13.8. The van der Waals surface area contributed by atoms with Crippen LogP contribution in [0.25, 0.3) is 0 Å². The van der Waals surface area contributed by atoms with Gasteiger partial charge < -0.3 is 14.4 Å². The van der Waals surface area contributed by atoms with Crippen LogP contribution in [0, 0.1) is 11.8 Å². The fraction of sp³-hybridized carbons (Fsp3) is 0.360. The summed E-state index contributed by atoms with van der Waals surface area (Å²) < 4.78 is 11.7. The molecule has 2 saturated heterocycles. The van der Waals surface area contributed by atoms with Crippen LogP contribution >= 0.6 is 0 Å². The van der Waals surface area contributed by atoms with Crippen LogP contribution in [0.1, 0.15) is 30.5 Å². The van der Waals surface area contributed by atoms with E-state index < -0.39 is 17.4 Å². The van der Waals surface area contributed by atoms with Crippen LogP contribution < -0.4 is 0 Å². The van der Waals surface area contributed by atoms with Gasteiger partial charge in [-0.1, -0.05) is 79.7 Å². The third kappa shape index (κ3) is 2.88. The normalized spacial score (nSPS) is 28.9. The van der Waals surface area contributed by atoms with Crippen LogP contribution in [0.3, 0.4) is 0 Å². The van der Waals surface area contributed by atoms with E-state index in [1.54, 1.807) is 0 Å². The van der Waals surface area contributed by atoms with E-state index in [0.717, 1.165) is 17.5 Å². The average Bonchev–Trinajstić information content (AvgIpc) is 3.42. The summed E-state index contributed by atoms with van der Waals surface area (Å²) in [5, 5.41) is 0. The quantitative estimate of drug-likeness (QED) is 0.547. The number of hydrogen-bond acceptors (Lipinski definition) is 4. The molecular weight excluding hydrogens is 378 g/mol. The second kappa shape index (κ2) is 7.40. The van der Waals surface area contributed by atoms with E-state index in [1.807, 2.05) is 84.6 Å². The van der Waals surface area contributed by atoms with Crippen molar-refractivity contribution in [2.45, 2.75) is 31.1 Å². The second-order valence-electron chi connectivity index (χ2n) is 8.26. The molecule has 2 aromatic rings. The van der Waals surface area contributed by atoms with Crippen LogP contribution in [0.15, 0.2) is 72.8 Å². The molecule has 154 valence electrons. The molecule has 1 spiro atoms. The molecule has 0 saturated carbocycles. The molecule has 5 rings (SSSR count). The number of rotatable bonds is 6. The lowest BCUT2D eigenvalue weighted by Crippen LogP contribution is -2.40. The molecule has 3 aliphatic heterocycles. The van der Waals surface area contributed by atoms with Crippen molar-refractivity contribution in [1.29, 1.82) is 0 Å². The third-order valence-electron chi connectivity index (χ3n) is 6.39. The Morgan fingerprint density at radius 1 is 1.13 bits per heavy atom. The minimum atomic E-state index is -0.751. The number of amides is 1. The van der Waals surface area contributed by atoms with E-state index in [9.17, 15) is 9.59 Å². The van der Waals surface area contributed by atoms with Gasteiger partial charge in [0, 0.05) is 0 Å². The maximum atomic E-state index is 13.8. The van der Waals surface area contributed by atoms with Crippen molar-refractivity contribution in [3.05, 3.63) is 83.9 Å². The first kappa shape index (κ1) is 19.1. The maximum Gasteiger partial charge on any atom is 0.312 e. The molecule has 0 radical (unpaired) electrons. The minimum absolute atomic E-state index is 0.0435. The number of esters is 1. The highest BCUT2D eigenvalue weighted by Gasteiger charge is 2.68. The van der Waals surface area contributed by atoms with E-state index in [4.69, 9.17) is 9.47 Å². The van der Waals surface area contributed by atoms with Crippen molar-refractivity contribution >= 4 is 11.9 Å². The van der Waals surface area contributed by atoms with Crippen molar-refractivity contribution in [3.8, 4) is 0 Å². The Morgan fingerprint density at radius 2 is 1.77 bits per heavy atom. The van der Waals surface area contributed by atoms with Crippen molar-refractivity contribution in [3.63, 3.8) is 0 Å². The first-order chi connectivity index (χ1) is 14.6. The molecule has 0 N–H and O–H groups in total. The summed E-state index contributed by atoms with van der Waals surface area (Å²) in [7, 11) is 0. The number of hydrogen-bond donors (Lipinski definition) is 0. The van der Waals surface area contributed by atoms with Gasteiger partial charge in [0.05, 0.1) is 31.2 Å². The molecule has 4 atom stereocenters. The Morgan fingerprint density at radius 3 is 2.37 bits per heavy atom. The predicted octanol–water partition coefficient (Wildman–Crippen LogP) is 3.51. The number of fused-ring (bicyclic) bond motifs is 1. The summed E-state index contributed by atoms with van der Waals surface area (Å²) in [6.07, 6.45) is 4.28. The zero-order valence-corrected chi connectivity index (χ0v) is 16.9. The van der Waals surface area contributed by atoms with Crippen LogP contribution in [0.4, 0.5) is 0 Å². The Labute approximate surface area is 176 Å². The molecule has 0 unspecified atom stereocenters. The molecule has 0 aromatic heterocycles. The molecular formula is C25H25NO4. The van der Waals surface area contributed by atoms with Crippen molar-refractivity contribution in [2.24, 2.45) is 11.8 Å². The van der Waals surface area contributed by atoms with Gasteiger partial charge in [-0.15, -0.1) is 0 Å². The highest BCUT2D eigenvalue weighted by atomic mass is 16.6. The number of nitrogens with zero attached hydrogens (tertiary/aromatic N) is 1. The van der Waals surface area contributed by atoms with Gasteiger partial charge in [0.2, 0.25) is 5.91 Å². The van der Waals surface area contributed by atoms with Gasteiger partial charge in [-0.05, 0) is 17.5 Å². The van der Waals surface area contributed by atoms with Crippen LogP contribution in [-0.4, -0.2) is 41.6 Å². The second-order valence-corrected chi connectivity index (χ2v) is 8.26. The standard InChI is InChI=1S/C25H25NO4/c1-2-15-29-24(28)20-19-13-14-25(30-19)16-26(23(27)21(20)25)22(17-9-5-3-6-10-17)18-11-7-4-8-12-18/h3-14,19-22H,2,15-16H2,1H3/t19-,20+,21+,25+/m1/s1. The summed E-state index contributed by atoms with van der Waals surface area (Å²) in [5.41, 5.74) is 1.33. The van der Waals surface area contributed by atoms with Crippen LogP contribution in [0.2, 0.25) is 0 Å². The van der Waals surface area contributed by atoms with Gasteiger partial charge in [0.15, 0.2) is 0 Å². The average molecular weight is 403 g/mol. The Bertz CT molecular complexity index is 934. The molecule has 0 aliphatic carbocycles. The lowest BCUT2D eigenvalue weighted by Gasteiger charge is -2.31.